The van der Waals surface area contributed by atoms with Crippen LogP contribution in [-0.4, -0.2) is 20.3 Å². The topological polar surface area (TPSA) is 79.3 Å². The maximum Gasteiger partial charge on any atom is 0.253 e. The number of carbonyl (C=O) groups is 1. The van der Waals surface area contributed by atoms with Crippen LogP contribution < -0.4 is 10.9 Å². The molecule has 3 rings (SSSR count). The first-order valence-electron chi connectivity index (χ1n) is 7.32. The second-order valence-corrected chi connectivity index (χ2v) is 6.50. The van der Waals surface area contributed by atoms with Gasteiger partial charge in [0.2, 0.25) is 5.91 Å². The second kappa shape index (κ2) is 6.00. The summed E-state index contributed by atoms with van der Waals surface area (Å²) in [6, 6.07) is 1.90. The molecular weight excluding hydrogens is 312 g/mol. The summed E-state index contributed by atoms with van der Waals surface area (Å²) in [6.45, 7) is 5.87. The van der Waals surface area contributed by atoms with Crippen LogP contribution >= 0.6 is 11.3 Å². The minimum absolute atomic E-state index is 0.115. The molecule has 3 heterocycles. The number of thiazole rings is 1. The van der Waals surface area contributed by atoms with Gasteiger partial charge in [-0.2, -0.15) is 0 Å². The van der Waals surface area contributed by atoms with Gasteiger partial charge < -0.3 is 10.3 Å². The van der Waals surface area contributed by atoms with Gasteiger partial charge in [-0.05, 0) is 32.4 Å². The van der Waals surface area contributed by atoms with Crippen molar-refractivity contribution in [3.05, 3.63) is 56.2 Å². The molecule has 0 aromatic carbocycles. The normalized spacial score (nSPS) is 11.1. The summed E-state index contributed by atoms with van der Waals surface area (Å²) in [6.07, 6.45) is 2.18. The maximum absolute atomic E-state index is 12.2. The molecule has 0 fully saturated rings. The van der Waals surface area contributed by atoms with Crippen molar-refractivity contribution in [1.82, 2.24) is 19.7 Å². The Hall–Kier alpha value is -2.41. The zero-order valence-corrected chi connectivity index (χ0v) is 14.1. The van der Waals surface area contributed by atoms with E-state index in [1.807, 2.05) is 42.8 Å². The number of pyridine rings is 1. The standard InChI is InChI=1S/C16H18N4O2S/c1-9-4-10(2)18-15(22)13(9)6-17-14(21)5-12-8-23-16-19-11(3)7-20(12)16/h4,7-8H,5-6H2,1-3H3,(H,17,21)(H,18,22). The fraction of sp³-hybridized carbons (Fsp3) is 0.312. The largest absolute Gasteiger partial charge is 0.351 e. The Balaban J connectivity index is 1.69. The van der Waals surface area contributed by atoms with Crippen LogP contribution in [0.5, 0.6) is 0 Å². The zero-order valence-electron chi connectivity index (χ0n) is 13.3. The van der Waals surface area contributed by atoms with Gasteiger partial charge in [0.1, 0.15) is 0 Å². The third-order valence-electron chi connectivity index (χ3n) is 3.70. The number of aryl methyl sites for hydroxylation is 3. The molecule has 0 saturated carbocycles. The van der Waals surface area contributed by atoms with E-state index in [4.69, 9.17) is 0 Å². The van der Waals surface area contributed by atoms with Crippen LogP contribution in [0.4, 0.5) is 0 Å². The number of amides is 1. The van der Waals surface area contributed by atoms with E-state index in [0.717, 1.165) is 27.6 Å². The average Bonchev–Trinajstić information content (AvgIpc) is 2.98. The first kappa shape index (κ1) is 15.5. The highest BCUT2D eigenvalue weighted by Gasteiger charge is 2.12. The molecule has 120 valence electrons. The fourth-order valence-corrected chi connectivity index (χ4v) is 3.50. The van der Waals surface area contributed by atoms with Crippen molar-refractivity contribution in [3.63, 3.8) is 0 Å². The predicted octanol–water partition coefficient (Wildman–Crippen LogP) is 1.87. The summed E-state index contributed by atoms with van der Waals surface area (Å²) in [5, 5.41) is 4.76. The van der Waals surface area contributed by atoms with E-state index < -0.39 is 0 Å². The lowest BCUT2D eigenvalue weighted by molar-refractivity contribution is -0.120. The Morgan fingerprint density at radius 2 is 2.17 bits per heavy atom. The van der Waals surface area contributed by atoms with E-state index in [1.165, 1.54) is 11.3 Å². The number of H-pyrrole nitrogens is 1. The number of hydrogen-bond donors (Lipinski definition) is 2. The summed E-state index contributed by atoms with van der Waals surface area (Å²) in [4.78, 5) is 32.1. The van der Waals surface area contributed by atoms with Gasteiger partial charge in [0.05, 0.1) is 12.1 Å². The van der Waals surface area contributed by atoms with Gasteiger partial charge in [-0.15, -0.1) is 11.3 Å². The predicted molar refractivity (Wildman–Crippen MR) is 89.9 cm³/mol. The van der Waals surface area contributed by atoms with E-state index >= 15 is 0 Å². The van der Waals surface area contributed by atoms with Gasteiger partial charge in [0.15, 0.2) is 4.96 Å². The van der Waals surface area contributed by atoms with Crippen molar-refractivity contribution >= 4 is 22.2 Å². The van der Waals surface area contributed by atoms with E-state index in [2.05, 4.69) is 15.3 Å². The molecule has 7 heteroatoms. The molecule has 0 bridgehead atoms. The SMILES string of the molecule is Cc1cn2c(CC(=O)NCc3c(C)cc(C)[nH]c3=O)csc2n1. The summed E-state index contributed by atoms with van der Waals surface area (Å²) < 4.78 is 1.93. The summed E-state index contributed by atoms with van der Waals surface area (Å²) in [5.41, 5.74) is 3.98. The Morgan fingerprint density at radius 3 is 2.91 bits per heavy atom. The van der Waals surface area contributed by atoms with Crippen molar-refractivity contribution in [2.75, 3.05) is 0 Å². The van der Waals surface area contributed by atoms with Crippen molar-refractivity contribution in [2.24, 2.45) is 0 Å². The molecule has 3 aromatic heterocycles. The van der Waals surface area contributed by atoms with Crippen LogP contribution in [0.1, 0.15) is 28.2 Å². The number of fused-ring (bicyclic) bond motifs is 1. The molecule has 2 N–H and O–H groups in total. The van der Waals surface area contributed by atoms with E-state index in [1.54, 1.807) is 0 Å². The number of aromatic nitrogens is 3. The number of imidazole rings is 1. The second-order valence-electron chi connectivity index (χ2n) is 5.66. The van der Waals surface area contributed by atoms with Gasteiger partial charge in [-0.25, -0.2) is 4.98 Å². The van der Waals surface area contributed by atoms with Gasteiger partial charge >= 0.3 is 0 Å². The van der Waals surface area contributed by atoms with Crippen LogP contribution in [-0.2, 0) is 17.8 Å². The quantitative estimate of drug-likeness (QED) is 0.766. The minimum Gasteiger partial charge on any atom is -0.351 e. The zero-order chi connectivity index (χ0) is 16.6. The van der Waals surface area contributed by atoms with Crippen LogP contribution in [0.25, 0.3) is 4.96 Å². The molecule has 0 unspecified atom stereocenters. The van der Waals surface area contributed by atoms with Crippen LogP contribution in [0.15, 0.2) is 22.4 Å². The van der Waals surface area contributed by atoms with E-state index in [-0.39, 0.29) is 24.4 Å². The molecule has 0 radical (unpaired) electrons. The number of carbonyl (C=O) groups excluding carboxylic acids is 1. The smallest absolute Gasteiger partial charge is 0.253 e. The highest BCUT2D eigenvalue weighted by atomic mass is 32.1. The molecule has 23 heavy (non-hydrogen) atoms. The summed E-state index contributed by atoms with van der Waals surface area (Å²) >= 11 is 1.51. The third-order valence-corrected chi connectivity index (χ3v) is 4.59. The average molecular weight is 330 g/mol. The van der Waals surface area contributed by atoms with Crippen LogP contribution in [0, 0.1) is 20.8 Å². The van der Waals surface area contributed by atoms with Gasteiger partial charge in [-0.1, -0.05) is 0 Å². The summed E-state index contributed by atoms with van der Waals surface area (Å²) in [5.74, 6) is -0.115. The fourth-order valence-electron chi connectivity index (χ4n) is 2.58. The highest BCUT2D eigenvalue weighted by molar-refractivity contribution is 7.15. The lowest BCUT2D eigenvalue weighted by atomic mass is 10.1. The van der Waals surface area contributed by atoms with Crippen LogP contribution in [0.3, 0.4) is 0 Å². The molecular formula is C16H18N4O2S. The molecule has 0 spiro atoms. The Labute approximate surface area is 137 Å². The van der Waals surface area contributed by atoms with Crippen molar-refractivity contribution in [1.29, 1.82) is 0 Å². The first-order chi connectivity index (χ1) is 10.9. The number of hydrogen-bond acceptors (Lipinski definition) is 4. The Bertz CT molecular complexity index is 935. The number of aromatic amines is 1. The van der Waals surface area contributed by atoms with E-state index in [0.29, 0.717) is 5.56 Å². The molecule has 3 aromatic rings. The van der Waals surface area contributed by atoms with Crippen molar-refractivity contribution < 1.29 is 4.79 Å². The highest BCUT2D eigenvalue weighted by Crippen LogP contribution is 2.16. The van der Waals surface area contributed by atoms with Gasteiger partial charge in [-0.3, -0.25) is 14.0 Å². The molecule has 1 amide bonds. The molecule has 0 saturated heterocycles. The molecule has 0 atom stereocenters. The number of nitrogens with one attached hydrogen (secondary N) is 2. The summed E-state index contributed by atoms with van der Waals surface area (Å²) in [7, 11) is 0. The lowest BCUT2D eigenvalue weighted by Gasteiger charge is -2.08. The molecule has 0 aliphatic rings. The maximum atomic E-state index is 12.2. The van der Waals surface area contributed by atoms with Crippen molar-refractivity contribution in [3.8, 4) is 0 Å². The van der Waals surface area contributed by atoms with E-state index in [9.17, 15) is 9.59 Å². The van der Waals surface area contributed by atoms with Gasteiger partial charge in [0, 0.05) is 35.1 Å². The number of rotatable bonds is 4. The minimum atomic E-state index is -0.147. The Kier molecular flexibility index (Phi) is 4.04. The number of nitrogens with zero attached hydrogens (tertiary/aromatic N) is 2. The lowest BCUT2D eigenvalue weighted by Crippen LogP contribution is -2.29. The molecule has 0 aliphatic carbocycles. The molecule has 6 nitrogen and oxygen atoms in total. The monoisotopic (exact) mass is 330 g/mol. The van der Waals surface area contributed by atoms with Gasteiger partial charge in [0.25, 0.3) is 5.56 Å². The van der Waals surface area contributed by atoms with Crippen molar-refractivity contribution in [2.45, 2.75) is 33.7 Å². The molecule has 0 aliphatic heterocycles. The third kappa shape index (κ3) is 3.19. The Morgan fingerprint density at radius 1 is 1.39 bits per heavy atom. The first-order valence-corrected chi connectivity index (χ1v) is 8.20. The van der Waals surface area contributed by atoms with Crippen LogP contribution in [0.2, 0.25) is 0 Å².